The number of anilines is 1. The summed E-state index contributed by atoms with van der Waals surface area (Å²) in [6.07, 6.45) is 3.91. The molecule has 0 radical (unpaired) electrons. The highest BCUT2D eigenvalue weighted by atomic mass is 15.3. The number of aryl methyl sites for hydroxylation is 1. The van der Waals surface area contributed by atoms with Crippen molar-refractivity contribution in [3.05, 3.63) is 29.3 Å². The summed E-state index contributed by atoms with van der Waals surface area (Å²) in [4.78, 5) is 2.62. The van der Waals surface area contributed by atoms with Gasteiger partial charge in [0.1, 0.15) is 6.07 Å². The quantitative estimate of drug-likeness (QED) is 0.902. The van der Waals surface area contributed by atoms with E-state index in [2.05, 4.69) is 23.2 Å². The third kappa shape index (κ3) is 2.46. The summed E-state index contributed by atoms with van der Waals surface area (Å²) in [6, 6.07) is 10.3. The Morgan fingerprint density at radius 1 is 1.37 bits per heavy atom. The molecule has 1 saturated heterocycles. The van der Waals surface area contributed by atoms with Crippen molar-refractivity contribution in [3.8, 4) is 6.07 Å². The number of rotatable bonds is 3. The van der Waals surface area contributed by atoms with Crippen LogP contribution in [0.3, 0.4) is 0 Å². The van der Waals surface area contributed by atoms with E-state index in [9.17, 15) is 5.26 Å². The lowest BCUT2D eigenvalue weighted by atomic mass is 10.1. The first-order chi connectivity index (χ1) is 9.19. The Bertz CT molecular complexity index is 513. The Hall–Kier alpha value is -1.53. The summed E-state index contributed by atoms with van der Waals surface area (Å²) >= 11 is 0. The third-order valence-corrected chi connectivity index (χ3v) is 4.38. The fourth-order valence-corrected chi connectivity index (χ4v) is 3.23. The van der Waals surface area contributed by atoms with Gasteiger partial charge in [0, 0.05) is 24.7 Å². The molecule has 100 valence electrons. The first-order valence-corrected chi connectivity index (χ1v) is 7.21. The number of hydrogen-bond acceptors (Lipinski definition) is 3. The van der Waals surface area contributed by atoms with Crippen LogP contribution in [0.15, 0.2) is 18.2 Å². The van der Waals surface area contributed by atoms with Crippen LogP contribution in [0.5, 0.6) is 0 Å². The average Bonchev–Trinajstić information content (AvgIpc) is 3.15. The number of hydrogen-bond donors (Lipinski definition) is 1. The van der Waals surface area contributed by atoms with Crippen LogP contribution in [0.4, 0.5) is 5.69 Å². The molecule has 1 saturated carbocycles. The molecule has 0 bridgehead atoms. The van der Waals surface area contributed by atoms with Gasteiger partial charge in [-0.3, -0.25) is 4.90 Å². The molecule has 1 N–H and O–H groups in total. The molecule has 1 heterocycles. The van der Waals surface area contributed by atoms with Crippen molar-refractivity contribution >= 4 is 5.69 Å². The van der Waals surface area contributed by atoms with Gasteiger partial charge in [-0.25, -0.2) is 0 Å². The predicted molar refractivity (Wildman–Crippen MR) is 77.1 cm³/mol. The fourth-order valence-electron chi connectivity index (χ4n) is 3.23. The molecular weight excluding hydrogens is 234 g/mol. The Balaban J connectivity index is 1.72. The topological polar surface area (TPSA) is 39.1 Å². The van der Waals surface area contributed by atoms with Gasteiger partial charge in [0.15, 0.2) is 0 Å². The third-order valence-electron chi connectivity index (χ3n) is 4.38. The highest BCUT2D eigenvalue weighted by molar-refractivity contribution is 5.61. The number of benzene rings is 1. The van der Waals surface area contributed by atoms with E-state index < -0.39 is 0 Å². The van der Waals surface area contributed by atoms with E-state index in [0.717, 1.165) is 29.4 Å². The van der Waals surface area contributed by atoms with E-state index in [4.69, 9.17) is 0 Å². The second kappa shape index (κ2) is 4.86. The standard InChI is InChI=1S/C16H21N3/c1-11-4-3-5-16(15(11)9-17)18-13-8-12(2)19(10-13)14-6-7-14/h3-5,12-14,18H,6-8,10H2,1-2H3. The largest absolute Gasteiger partial charge is 0.380 e. The highest BCUT2D eigenvalue weighted by Crippen LogP contribution is 2.34. The van der Waals surface area contributed by atoms with Gasteiger partial charge in [0.2, 0.25) is 0 Å². The minimum absolute atomic E-state index is 0.476. The number of nitriles is 1. The number of nitrogens with one attached hydrogen (secondary N) is 1. The molecule has 3 nitrogen and oxygen atoms in total. The van der Waals surface area contributed by atoms with Gasteiger partial charge >= 0.3 is 0 Å². The summed E-state index contributed by atoms with van der Waals surface area (Å²) in [5.74, 6) is 0. The second-order valence-electron chi connectivity index (χ2n) is 5.96. The lowest BCUT2D eigenvalue weighted by molar-refractivity contribution is 0.257. The van der Waals surface area contributed by atoms with Gasteiger partial charge in [-0.15, -0.1) is 0 Å². The molecule has 19 heavy (non-hydrogen) atoms. The van der Waals surface area contributed by atoms with Crippen LogP contribution in [0.1, 0.15) is 37.3 Å². The summed E-state index contributed by atoms with van der Waals surface area (Å²) in [7, 11) is 0. The van der Waals surface area contributed by atoms with E-state index in [-0.39, 0.29) is 0 Å². The smallest absolute Gasteiger partial charge is 0.102 e. The Kier molecular flexibility index (Phi) is 3.20. The van der Waals surface area contributed by atoms with Gasteiger partial charge in [-0.1, -0.05) is 12.1 Å². The monoisotopic (exact) mass is 255 g/mol. The fraction of sp³-hybridized carbons (Fsp3) is 0.562. The van der Waals surface area contributed by atoms with Gasteiger partial charge in [0.25, 0.3) is 0 Å². The summed E-state index contributed by atoms with van der Waals surface area (Å²) in [5.41, 5.74) is 2.84. The van der Waals surface area contributed by atoms with Gasteiger partial charge in [-0.05, 0) is 44.7 Å². The van der Waals surface area contributed by atoms with Crippen molar-refractivity contribution < 1.29 is 0 Å². The van der Waals surface area contributed by atoms with E-state index in [0.29, 0.717) is 12.1 Å². The highest BCUT2D eigenvalue weighted by Gasteiger charge is 2.38. The Labute approximate surface area is 115 Å². The first kappa shape index (κ1) is 12.5. The molecule has 2 atom stereocenters. The van der Waals surface area contributed by atoms with Gasteiger partial charge in [-0.2, -0.15) is 5.26 Å². The summed E-state index contributed by atoms with van der Waals surface area (Å²) in [6.45, 7) is 5.43. The first-order valence-electron chi connectivity index (χ1n) is 7.21. The molecule has 3 heteroatoms. The van der Waals surface area contributed by atoms with Crippen LogP contribution in [0.2, 0.25) is 0 Å². The van der Waals surface area contributed by atoms with Crippen molar-refractivity contribution in [1.82, 2.24) is 4.90 Å². The maximum atomic E-state index is 9.27. The van der Waals surface area contributed by atoms with E-state index in [1.165, 1.54) is 19.3 Å². The van der Waals surface area contributed by atoms with Crippen molar-refractivity contribution in [2.75, 3.05) is 11.9 Å². The SMILES string of the molecule is Cc1cccc(NC2CC(C)N(C3CC3)C2)c1C#N. The molecule has 0 aromatic heterocycles. The maximum Gasteiger partial charge on any atom is 0.102 e. The van der Waals surface area contributed by atoms with Crippen molar-refractivity contribution in [1.29, 1.82) is 5.26 Å². The molecule has 1 aromatic carbocycles. The van der Waals surface area contributed by atoms with Gasteiger partial charge < -0.3 is 5.32 Å². The minimum atomic E-state index is 0.476. The van der Waals surface area contributed by atoms with Crippen LogP contribution in [0.25, 0.3) is 0 Å². The zero-order valence-electron chi connectivity index (χ0n) is 11.7. The van der Waals surface area contributed by atoms with Crippen molar-refractivity contribution in [2.45, 2.75) is 51.2 Å². The molecule has 1 aromatic rings. The van der Waals surface area contributed by atoms with Gasteiger partial charge in [0.05, 0.1) is 11.3 Å². The number of likely N-dealkylation sites (tertiary alicyclic amines) is 1. The van der Waals surface area contributed by atoms with Crippen LogP contribution >= 0.6 is 0 Å². The Morgan fingerprint density at radius 3 is 2.84 bits per heavy atom. The predicted octanol–water partition coefficient (Wildman–Crippen LogP) is 2.90. The lowest BCUT2D eigenvalue weighted by Gasteiger charge is -2.20. The minimum Gasteiger partial charge on any atom is -0.380 e. The molecule has 1 aliphatic carbocycles. The maximum absolute atomic E-state index is 9.27. The molecule has 0 spiro atoms. The molecule has 2 unspecified atom stereocenters. The van der Waals surface area contributed by atoms with Crippen LogP contribution < -0.4 is 5.32 Å². The number of nitrogens with zero attached hydrogens (tertiary/aromatic N) is 2. The normalized spacial score (nSPS) is 27.2. The molecule has 2 fully saturated rings. The van der Waals surface area contributed by atoms with E-state index >= 15 is 0 Å². The zero-order valence-corrected chi connectivity index (χ0v) is 11.7. The Morgan fingerprint density at radius 2 is 2.16 bits per heavy atom. The average molecular weight is 255 g/mol. The summed E-state index contributed by atoms with van der Waals surface area (Å²) in [5, 5.41) is 12.9. The van der Waals surface area contributed by atoms with E-state index in [1.54, 1.807) is 0 Å². The zero-order chi connectivity index (χ0) is 13.4. The van der Waals surface area contributed by atoms with Crippen LogP contribution in [0, 0.1) is 18.3 Å². The van der Waals surface area contributed by atoms with Crippen LogP contribution in [-0.2, 0) is 0 Å². The molecule has 2 aliphatic rings. The van der Waals surface area contributed by atoms with Crippen LogP contribution in [-0.4, -0.2) is 29.6 Å². The molecule has 1 aliphatic heterocycles. The second-order valence-corrected chi connectivity index (χ2v) is 5.96. The van der Waals surface area contributed by atoms with Crippen molar-refractivity contribution in [3.63, 3.8) is 0 Å². The molecule has 3 rings (SSSR count). The van der Waals surface area contributed by atoms with E-state index in [1.807, 2.05) is 25.1 Å². The molecular formula is C16H21N3. The lowest BCUT2D eigenvalue weighted by Crippen LogP contribution is -2.31. The van der Waals surface area contributed by atoms with Crippen molar-refractivity contribution in [2.24, 2.45) is 0 Å². The summed E-state index contributed by atoms with van der Waals surface area (Å²) < 4.78 is 0. The molecule has 0 amide bonds.